The monoisotopic (exact) mass is 166 g/mol. The molecule has 0 unspecified atom stereocenters. The van der Waals surface area contributed by atoms with Gasteiger partial charge in [0, 0.05) is 7.05 Å². The quantitative estimate of drug-likeness (QED) is 0.509. The molecule has 0 aliphatic heterocycles. The number of anilines is 1. The molecule has 2 rings (SSSR count). The zero-order valence-corrected chi connectivity index (χ0v) is 6.25. The first-order chi connectivity index (χ1) is 5.81. The number of hydrogen-bond donors (Lipinski definition) is 3. The van der Waals surface area contributed by atoms with Crippen LogP contribution in [-0.4, -0.2) is 32.4 Å². The van der Waals surface area contributed by atoms with Crippen molar-refractivity contribution in [3.8, 4) is 0 Å². The summed E-state index contributed by atoms with van der Waals surface area (Å²) in [5.41, 5.74) is 0.484. The normalized spacial score (nSPS) is 10.4. The average molecular weight is 166 g/mol. The summed E-state index contributed by atoms with van der Waals surface area (Å²) in [7, 11) is 1.66. The molecule has 2 heterocycles. The lowest BCUT2D eigenvalue weighted by Gasteiger charge is -1.95. The first kappa shape index (κ1) is 6.77. The summed E-state index contributed by atoms with van der Waals surface area (Å²) in [6.45, 7) is 0. The molecule has 0 amide bonds. The molecular formula is C5H6N6O. The lowest BCUT2D eigenvalue weighted by atomic mass is 10.5. The number of nitrogens with one attached hydrogen (secondary N) is 3. The molecule has 2 aromatic rings. The first-order valence-electron chi connectivity index (χ1n) is 3.30. The Morgan fingerprint density at radius 3 is 3.00 bits per heavy atom. The highest BCUT2D eigenvalue weighted by Crippen LogP contribution is 2.09. The van der Waals surface area contributed by atoms with Gasteiger partial charge in [-0.2, -0.15) is 15.3 Å². The molecule has 0 saturated heterocycles. The fourth-order valence-corrected chi connectivity index (χ4v) is 0.941. The Kier molecular flexibility index (Phi) is 1.29. The van der Waals surface area contributed by atoms with Gasteiger partial charge in [0.2, 0.25) is 0 Å². The third kappa shape index (κ3) is 0.831. The van der Waals surface area contributed by atoms with E-state index in [-0.39, 0.29) is 0 Å². The van der Waals surface area contributed by atoms with Crippen LogP contribution in [0.25, 0.3) is 11.2 Å². The van der Waals surface area contributed by atoms with Crippen molar-refractivity contribution >= 4 is 17.0 Å². The van der Waals surface area contributed by atoms with Crippen LogP contribution >= 0.6 is 0 Å². The highest BCUT2D eigenvalue weighted by Gasteiger charge is 2.05. The van der Waals surface area contributed by atoms with Crippen molar-refractivity contribution in [3.05, 3.63) is 10.5 Å². The van der Waals surface area contributed by atoms with Crippen molar-refractivity contribution in [1.29, 1.82) is 0 Å². The van der Waals surface area contributed by atoms with E-state index in [0.29, 0.717) is 17.0 Å². The van der Waals surface area contributed by atoms with Gasteiger partial charge in [-0.05, 0) is 0 Å². The molecule has 3 N–H and O–H groups in total. The average Bonchev–Trinajstić information content (AvgIpc) is 2.50. The lowest BCUT2D eigenvalue weighted by Crippen LogP contribution is -2.12. The van der Waals surface area contributed by atoms with Gasteiger partial charge in [-0.3, -0.25) is 4.98 Å². The second kappa shape index (κ2) is 2.29. The van der Waals surface area contributed by atoms with Gasteiger partial charge in [-0.15, -0.1) is 5.10 Å². The van der Waals surface area contributed by atoms with Crippen molar-refractivity contribution in [1.82, 2.24) is 25.4 Å². The molecule has 0 radical (unpaired) electrons. The van der Waals surface area contributed by atoms with Gasteiger partial charge < -0.3 is 5.32 Å². The van der Waals surface area contributed by atoms with Crippen LogP contribution in [0.2, 0.25) is 0 Å². The third-order valence-electron chi connectivity index (χ3n) is 1.45. The van der Waals surface area contributed by atoms with E-state index in [1.54, 1.807) is 7.05 Å². The summed E-state index contributed by atoms with van der Waals surface area (Å²) in [5, 5.41) is 12.6. The van der Waals surface area contributed by atoms with Crippen molar-refractivity contribution in [3.63, 3.8) is 0 Å². The Morgan fingerprint density at radius 2 is 2.25 bits per heavy atom. The Hall–Kier alpha value is -1.92. The number of H-pyrrole nitrogens is 2. The number of fused-ring (bicyclic) bond motifs is 1. The Labute approximate surface area is 66.2 Å². The molecule has 7 nitrogen and oxygen atoms in total. The van der Waals surface area contributed by atoms with E-state index in [1.165, 1.54) is 0 Å². The van der Waals surface area contributed by atoms with Gasteiger partial charge in [0.15, 0.2) is 17.0 Å². The predicted molar refractivity (Wildman–Crippen MR) is 41.9 cm³/mol. The van der Waals surface area contributed by atoms with E-state index >= 15 is 0 Å². The molecule has 62 valence electrons. The van der Waals surface area contributed by atoms with Gasteiger partial charge in [-0.1, -0.05) is 0 Å². The van der Waals surface area contributed by atoms with Crippen molar-refractivity contribution in [2.24, 2.45) is 0 Å². The molecule has 0 atom stereocenters. The van der Waals surface area contributed by atoms with E-state index in [2.05, 4.69) is 30.7 Å². The van der Waals surface area contributed by atoms with E-state index in [0.717, 1.165) is 0 Å². The summed E-state index contributed by atoms with van der Waals surface area (Å²) < 4.78 is 0. The fraction of sp³-hybridized carbons (Fsp3) is 0.200. The molecule has 12 heavy (non-hydrogen) atoms. The summed E-state index contributed by atoms with van der Waals surface area (Å²) in [4.78, 5) is 17.0. The molecule has 0 saturated carbocycles. The molecule has 0 fully saturated rings. The predicted octanol–water partition coefficient (Wildman–Crippen LogP) is -0.917. The minimum atomic E-state index is -0.444. The molecule has 0 bridgehead atoms. The van der Waals surface area contributed by atoms with Gasteiger partial charge in [-0.25, -0.2) is 4.79 Å². The molecule has 0 aliphatic rings. The van der Waals surface area contributed by atoms with E-state index in [1.807, 2.05) is 0 Å². The molecule has 0 spiro atoms. The lowest BCUT2D eigenvalue weighted by molar-refractivity contribution is 0.953. The molecule has 0 aromatic carbocycles. The van der Waals surface area contributed by atoms with Crippen molar-refractivity contribution in [2.75, 3.05) is 12.4 Å². The third-order valence-corrected chi connectivity index (χ3v) is 1.45. The Bertz CT molecular complexity index is 456. The van der Waals surface area contributed by atoms with Crippen LogP contribution in [-0.2, 0) is 0 Å². The summed E-state index contributed by atoms with van der Waals surface area (Å²) in [6, 6.07) is 0. The number of aromatic amines is 2. The smallest absolute Gasteiger partial charge is 0.348 e. The van der Waals surface area contributed by atoms with Crippen LogP contribution in [0.3, 0.4) is 0 Å². The summed E-state index contributed by atoms with van der Waals surface area (Å²) >= 11 is 0. The largest absolute Gasteiger partial charge is 0.371 e. The molecule has 2 aromatic heterocycles. The van der Waals surface area contributed by atoms with Crippen LogP contribution in [0.5, 0.6) is 0 Å². The second-order valence-corrected chi connectivity index (χ2v) is 2.16. The molecule has 0 aliphatic carbocycles. The Balaban J connectivity index is 2.89. The highest BCUT2D eigenvalue weighted by atomic mass is 16.1. The van der Waals surface area contributed by atoms with Crippen molar-refractivity contribution < 1.29 is 0 Å². The van der Waals surface area contributed by atoms with Gasteiger partial charge in [0.05, 0.1) is 0 Å². The number of aromatic nitrogens is 5. The zero-order chi connectivity index (χ0) is 8.55. The van der Waals surface area contributed by atoms with Crippen LogP contribution in [0, 0.1) is 0 Å². The maximum Gasteiger partial charge on any atom is 0.348 e. The number of hydrogen-bond acceptors (Lipinski definition) is 5. The minimum absolute atomic E-state index is 0.402. The van der Waals surface area contributed by atoms with Gasteiger partial charge >= 0.3 is 5.69 Å². The maximum absolute atomic E-state index is 10.9. The minimum Gasteiger partial charge on any atom is -0.371 e. The van der Waals surface area contributed by atoms with E-state index in [9.17, 15) is 4.79 Å². The van der Waals surface area contributed by atoms with Crippen LogP contribution in [0.4, 0.5) is 5.82 Å². The zero-order valence-electron chi connectivity index (χ0n) is 6.25. The SMILES string of the molecule is CNc1nc(=O)[nH]c2n[nH]nc12. The number of nitrogens with zero attached hydrogens (tertiary/aromatic N) is 3. The standard InChI is InChI=1S/C5H6N6O/c1-6-3-2-4(10-11-9-2)8-5(12)7-3/h1H3,(H3,6,7,8,9,10,11,12). The molecular weight excluding hydrogens is 160 g/mol. The van der Waals surface area contributed by atoms with Gasteiger partial charge in [0.1, 0.15) is 0 Å². The highest BCUT2D eigenvalue weighted by molar-refractivity contribution is 5.80. The van der Waals surface area contributed by atoms with Crippen LogP contribution in [0.1, 0.15) is 0 Å². The fourth-order valence-electron chi connectivity index (χ4n) is 0.941. The van der Waals surface area contributed by atoms with Crippen LogP contribution < -0.4 is 11.0 Å². The van der Waals surface area contributed by atoms with Crippen LogP contribution in [0.15, 0.2) is 4.79 Å². The molecule has 7 heteroatoms. The topological polar surface area (TPSA) is 99.4 Å². The van der Waals surface area contributed by atoms with E-state index in [4.69, 9.17) is 0 Å². The maximum atomic E-state index is 10.9. The second-order valence-electron chi connectivity index (χ2n) is 2.16. The Morgan fingerprint density at radius 1 is 1.42 bits per heavy atom. The summed E-state index contributed by atoms with van der Waals surface area (Å²) in [6.07, 6.45) is 0. The first-order valence-corrected chi connectivity index (χ1v) is 3.30. The number of rotatable bonds is 1. The van der Waals surface area contributed by atoms with Gasteiger partial charge in [0.25, 0.3) is 0 Å². The van der Waals surface area contributed by atoms with E-state index < -0.39 is 5.69 Å². The van der Waals surface area contributed by atoms with Crippen molar-refractivity contribution in [2.45, 2.75) is 0 Å². The summed E-state index contributed by atoms with van der Waals surface area (Å²) in [5.74, 6) is 0.419.